The van der Waals surface area contributed by atoms with Crippen LogP contribution < -0.4 is 5.73 Å². The summed E-state index contributed by atoms with van der Waals surface area (Å²) in [5, 5.41) is 0. The number of rotatable bonds is 7. The first-order valence-electron chi connectivity index (χ1n) is 6.23. The van der Waals surface area contributed by atoms with Crippen molar-refractivity contribution in [3.63, 3.8) is 0 Å². The third kappa shape index (κ3) is 5.50. The second-order valence-electron chi connectivity index (χ2n) is 5.43. The van der Waals surface area contributed by atoms with Crippen molar-refractivity contribution in [2.45, 2.75) is 59.5 Å². The van der Waals surface area contributed by atoms with Gasteiger partial charge in [0.25, 0.3) is 0 Å². The summed E-state index contributed by atoms with van der Waals surface area (Å²) in [6.45, 7) is 11.1. The molecule has 0 heterocycles. The van der Waals surface area contributed by atoms with E-state index in [-0.39, 0.29) is 11.6 Å². The maximum atomic E-state index is 11.6. The molecule has 0 radical (unpaired) electrons. The molecule has 0 aromatic carbocycles. The first-order valence-corrected chi connectivity index (χ1v) is 6.23. The van der Waals surface area contributed by atoms with Crippen LogP contribution >= 0.6 is 0 Å². The highest BCUT2D eigenvalue weighted by molar-refractivity contribution is 5.69. The average Bonchev–Trinajstić information content (AvgIpc) is 2.12. The lowest BCUT2D eigenvalue weighted by molar-refractivity contribution is -0.164. The lowest BCUT2D eigenvalue weighted by Crippen LogP contribution is -2.38. The lowest BCUT2D eigenvalue weighted by atomic mass is 9.84. The van der Waals surface area contributed by atoms with Crippen molar-refractivity contribution < 1.29 is 9.53 Å². The number of hydrogen-bond acceptors (Lipinski definition) is 3. The zero-order chi connectivity index (χ0) is 12.8. The van der Waals surface area contributed by atoms with Crippen LogP contribution in [0.3, 0.4) is 0 Å². The van der Waals surface area contributed by atoms with E-state index in [9.17, 15) is 4.79 Å². The van der Waals surface area contributed by atoms with E-state index in [4.69, 9.17) is 10.5 Å². The van der Waals surface area contributed by atoms with E-state index in [1.807, 2.05) is 6.92 Å². The van der Waals surface area contributed by atoms with Gasteiger partial charge in [0.1, 0.15) is 5.60 Å². The van der Waals surface area contributed by atoms with E-state index in [0.717, 1.165) is 6.42 Å². The molecule has 0 fully saturated rings. The van der Waals surface area contributed by atoms with Crippen LogP contribution in [0.1, 0.15) is 53.9 Å². The Morgan fingerprint density at radius 1 is 1.31 bits per heavy atom. The van der Waals surface area contributed by atoms with Gasteiger partial charge in [-0.3, -0.25) is 4.79 Å². The van der Waals surface area contributed by atoms with E-state index >= 15 is 0 Å². The molecule has 16 heavy (non-hydrogen) atoms. The van der Waals surface area contributed by atoms with E-state index in [1.54, 1.807) is 0 Å². The summed E-state index contributed by atoms with van der Waals surface area (Å²) >= 11 is 0. The Kier molecular flexibility index (Phi) is 6.65. The molecule has 0 aromatic rings. The van der Waals surface area contributed by atoms with Crippen LogP contribution in [0.25, 0.3) is 0 Å². The number of ether oxygens (including phenoxy) is 1. The molecule has 0 aliphatic heterocycles. The predicted molar refractivity (Wildman–Crippen MR) is 67.1 cm³/mol. The molecule has 0 bridgehead atoms. The number of esters is 1. The second kappa shape index (κ2) is 6.89. The summed E-state index contributed by atoms with van der Waals surface area (Å²) in [6, 6.07) is 0. The van der Waals surface area contributed by atoms with Gasteiger partial charge in [0.05, 0.1) is 0 Å². The molecule has 3 heteroatoms. The molecular weight excluding hydrogens is 202 g/mol. The number of hydrogen-bond donors (Lipinski definition) is 1. The van der Waals surface area contributed by atoms with Crippen molar-refractivity contribution in [1.29, 1.82) is 0 Å². The molecule has 1 unspecified atom stereocenters. The minimum Gasteiger partial charge on any atom is -0.459 e. The quantitative estimate of drug-likeness (QED) is 0.683. The molecule has 0 spiro atoms. The zero-order valence-electron chi connectivity index (χ0n) is 11.4. The Morgan fingerprint density at radius 3 is 2.25 bits per heavy atom. The Balaban J connectivity index is 4.37. The van der Waals surface area contributed by atoms with Gasteiger partial charge >= 0.3 is 5.97 Å². The van der Waals surface area contributed by atoms with Crippen molar-refractivity contribution in [3.8, 4) is 0 Å². The topological polar surface area (TPSA) is 52.3 Å². The number of carbonyl (C=O) groups is 1. The van der Waals surface area contributed by atoms with Gasteiger partial charge in [0.2, 0.25) is 0 Å². The first kappa shape index (κ1) is 15.4. The summed E-state index contributed by atoms with van der Waals surface area (Å²) in [4.78, 5) is 11.6. The third-order valence-corrected chi connectivity index (χ3v) is 2.97. The predicted octanol–water partition coefficient (Wildman–Crippen LogP) is 2.73. The summed E-state index contributed by atoms with van der Waals surface area (Å²) in [5.74, 6) is 0.730. The van der Waals surface area contributed by atoms with Crippen LogP contribution in [0.2, 0.25) is 0 Å². The Hall–Kier alpha value is -0.570. The van der Waals surface area contributed by atoms with Gasteiger partial charge in [-0.2, -0.15) is 0 Å². The molecule has 1 atom stereocenters. The van der Waals surface area contributed by atoms with E-state index < -0.39 is 0 Å². The molecule has 0 amide bonds. The van der Waals surface area contributed by atoms with Crippen LogP contribution in [0.15, 0.2) is 0 Å². The summed E-state index contributed by atoms with van der Waals surface area (Å²) in [6.07, 6.45) is 2.03. The molecular formula is C13H27NO2. The fraction of sp³-hybridized carbons (Fsp3) is 0.923. The van der Waals surface area contributed by atoms with Gasteiger partial charge in [-0.05, 0) is 38.1 Å². The number of carbonyl (C=O) groups excluding carboxylic acids is 1. The Labute approximate surface area is 99.7 Å². The SMILES string of the molecule is CC(C)CC(C)(OC(=O)CCCN)C(C)C. The van der Waals surface area contributed by atoms with Gasteiger partial charge in [0.15, 0.2) is 0 Å². The highest BCUT2D eigenvalue weighted by atomic mass is 16.6. The van der Waals surface area contributed by atoms with E-state index in [0.29, 0.717) is 31.2 Å². The van der Waals surface area contributed by atoms with E-state index in [1.165, 1.54) is 0 Å². The van der Waals surface area contributed by atoms with Crippen LogP contribution in [0, 0.1) is 11.8 Å². The third-order valence-electron chi connectivity index (χ3n) is 2.97. The molecule has 0 saturated carbocycles. The van der Waals surface area contributed by atoms with Crippen LogP contribution in [-0.4, -0.2) is 18.1 Å². The molecule has 96 valence electrons. The van der Waals surface area contributed by atoms with Crippen LogP contribution in [-0.2, 0) is 9.53 Å². The van der Waals surface area contributed by atoms with Crippen molar-refractivity contribution in [2.24, 2.45) is 17.6 Å². The van der Waals surface area contributed by atoms with Crippen LogP contribution in [0.5, 0.6) is 0 Å². The highest BCUT2D eigenvalue weighted by Crippen LogP contribution is 2.29. The molecule has 2 N–H and O–H groups in total. The fourth-order valence-electron chi connectivity index (χ4n) is 1.76. The zero-order valence-corrected chi connectivity index (χ0v) is 11.4. The normalized spacial score (nSPS) is 15.2. The van der Waals surface area contributed by atoms with Gasteiger partial charge in [-0.1, -0.05) is 27.7 Å². The molecule has 3 nitrogen and oxygen atoms in total. The summed E-state index contributed by atoms with van der Waals surface area (Å²) in [7, 11) is 0. The maximum absolute atomic E-state index is 11.6. The average molecular weight is 229 g/mol. The minimum atomic E-state index is -0.347. The van der Waals surface area contributed by atoms with Crippen molar-refractivity contribution in [3.05, 3.63) is 0 Å². The molecule has 0 aliphatic carbocycles. The van der Waals surface area contributed by atoms with Crippen molar-refractivity contribution >= 4 is 5.97 Å². The van der Waals surface area contributed by atoms with E-state index in [2.05, 4.69) is 27.7 Å². The minimum absolute atomic E-state index is 0.123. The molecule has 0 rings (SSSR count). The van der Waals surface area contributed by atoms with Gasteiger partial charge in [-0.15, -0.1) is 0 Å². The summed E-state index contributed by atoms with van der Waals surface area (Å²) in [5.41, 5.74) is 5.03. The Bertz CT molecular complexity index is 214. The molecule has 0 aliphatic rings. The van der Waals surface area contributed by atoms with Gasteiger partial charge in [0, 0.05) is 6.42 Å². The molecule has 0 saturated heterocycles. The lowest BCUT2D eigenvalue weighted by Gasteiger charge is -2.35. The molecule has 0 aromatic heterocycles. The van der Waals surface area contributed by atoms with Crippen molar-refractivity contribution in [1.82, 2.24) is 0 Å². The fourth-order valence-corrected chi connectivity index (χ4v) is 1.76. The smallest absolute Gasteiger partial charge is 0.306 e. The summed E-state index contributed by atoms with van der Waals surface area (Å²) < 4.78 is 5.62. The van der Waals surface area contributed by atoms with Gasteiger partial charge in [-0.25, -0.2) is 0 Å². The van der Waals surface area contributed by atoms with Crippen LogP contribution in [0.4, 0.5) is 0 Å². The Morgan fingerprint density at radius 2 is 1.88 bits per heavy atom. The standard InChI is InChI=1S/C13H27NO2/c1-10(2)9-13(5,11(3)4)16-12(15)7-6-8-14/h10-11H,6-9,14H2,1-5H3. The number of nitrogens with two attached hydrogens (primary N) is 1. The maximum Gasteiger partial charge on any atom is 0.306 e. The monoisotopic (exact) mass is 229 g/mol. The van der Waals surface area contributed by atoms with Gasteiger partial charge < -0.3 is 10.5 Å². The van der Waals surface area contributed by atoms with Crippen molar-refractivity contribution in [2.75, 3.05) is 6.54 Å². The largest absolute Gasteiger partial charge is 0.459 e. The highest BCUT2D eigenvalue weighted by Gasteiger charge is 2.33. The second-order valence-corrected chi connectivity index (χ2v) is 5.43. The first-order chi connectivity index (χ1) is 7.31.